The number of amides is 2. The Hall–Kier alpha value is -3.19. The van der Waals surface area contributed by atoms with Crippen molar-refractivity contribution in [2.75, 3.05) is 13.7 Å². The predicted molar refractivity (Wildman–Crippen MR) is 139 cm³/mol. The van der Waals surface area contributed by atoms with E-state index in [0.717, 1.165) is 15.6 Å². The molecule has 0 bridgehead atoms. The Morgan fingerprint density at radius 3 is 2.29 bits per heavy atom. The van der Waals surface area contributed by atoms with Gasteiger partial charge in [0.1, 0.15) is 17.6 Å². The molecule has 0 aliphatic carbocycles. The van der Waals surface area contributed by atoms with E-state index in [9.17, 15) is 14.0 Å². The van der Waals surface area contributed by atoms with Crippen molar-refractivity contribution in [2.24, 2.45) is 0 Å². The zero-order valence-corrected chi connectivity index (χ0v) is 21.7. The van der Waals surface area contributed by atoms with Crippen LogP contribution in [-0.2, 0) is 22.6 Å². The number of carbonyl (C=O) groups excluding carboxylic acids is 2. The molecule has 0 aromatic heterocycles. The van der Waals surface area contributed by atoms with E-state index in [2.05, 4.69) is 35.1 Å². The average Bonchev–Trinajstić information content (AvgIpc) is 2.86. The second-order valence-electron chi connectivity index (χ2n) is 8.60. The highest BCUT2D eigenvalue weighted by atomic mass is 79.9. The maximum absolute atomic E-state index is 13.5. The van der Waals surface area contributed by atoms with Gasteiger partial charge in [-0.25, -0.2) is 4.39 Å². The van der Waals surface area contributed by atoms with Crippen LogP contribution in [0.2, 0.25) is 0 Å². The van der Waals surface area contributed by atoms with E-state index in [0.29, 0.717) is 23.7 Å². The summed E-state index contributed by atoms with van der Waals surface area (Å²) < 4.78 is 20.1. The van der Waals surface area contributed by atoms with E-state index in [1.54, 1.807) is 19.2 Å². The van der Waals surface area contributed by atoms with Gasteiger partial charge in [0, 0.05) is 20.0 Å². The molecule has 7 heteroatoms. The number of hydrogen-bond donors (Lipinski definition) is 1. The third-order valence-electron chi connectivity index (χ3n) is 5.76. The topological polar surface area (TPSA) is 58.6 Å². The summed E-state index contributed by atoms with van der Waals surface area (Å²) in [5.74, 6) is -0.0919. The maximum Gasteiger partial charge on any atom is 0.261 e. The lowest BCUT2D eigenvalue weighted by Gasteiger charge is -2.31. The number of nitrogens with one attached hydrogen (secondary N) is 1. The number of ether oxygens (including phenoxy) is 1. The first-order valence-corrected chi connectivity index (χ1v) is 12.3. The van der Waals surface area contributed by atoms with Gasteiger partial charge in [0.25, 0.3) is 5.91 Å². The van der Waals surface area contributed by atoms with Gasteiger partial charge in [-0.3, -0.25) is 9.59 Å². The number of carbonyl (C=O) groups is 2. The normalized spacial score (nSPS) is 11.7. The molecule has 0 saturated carbocycles. The summed E-state index contributed by atoms with van der Waals surface area (Å²) in [5, 5.41) is 2.67. The smallest absolute Gasteiger partial charge is 0.261 e. The zero-order chi connectivity index (χ0) is 25.4. The first kappa shape index (κ1) is 26.4. The van der Waals surface area contributed by atoms with Gasteiger partial charge < -0.3 is 15.0 Å². The molecule has 5 nitrogen and oxygen atoms in total. The number of likely N-dealkylation sites (N-methyl/N-ethyl adjacent to an activating group) is 1. The van der Waals surface area contributed by atoms with Crippen LogP contribution in [0.15, 0.2) is 77.3 Å². The molecule has 3 aromatic carbocycles. The fourth-order valence-electron chi connectivity index (χ4n) is 3.72. The molecule has 3 rings (SSSR count). The summed E-state index contributed by atoms with van der Waals surface area (Å²) in [6.07, 6.45) is 0.334. The van der Waals surface area contributed by atoms with Crippen molar-refractivity contribution in [3.05, 3.63) is 99.8 Å². The number of nitrogens with zero attached hydrogens (tertiary/aromatic N) is 1. The van der Waals surface area contributed by atoms with Crippen molar-refractivity contribution in [3.8, 4) is 5.75 Å². The largest absolute Gasteiger partial charge is 0.483 e. The molecule has 0 fully saturated rings. The standard InChI is InChI=1S/C28H30BrFN2O3/c1-19(2)22-11-14-26(24(29)16-22)35-18-27(33)32(17-21-9-12-23(30)13-10-21)25(28(34)31-3)15-20-7-5-4-6-8-20/h4-14,16,19,25H,15,17-18H2,1-3H3,(H,31,34)/t25-/m0/s1. The van der Waals surface area contributed by atoms with Crippen LogP contribution < -0.4 is 10.1 Å². The van der Waals surface area contributed by atoms with Crippen LogP contribution in [0.25, 0.3) is 0 Å². The van der Waals surface area contributed by atoms with Crippen molar-refractivity contribution in [2.45, 2.75) is 38.8 Å². The Morgan fingerprint density at radius 2 is 1.69 bits per heavy atom. The monoisotopic (exact) mass is 540 g/mol. The Kier molecular flexibility index (Phi) is 9.43. The van der Waals surface area contributed by atoms with Crippen molar-refractivity contribution in [1.82, 2.24) is 10.2 Å². The maximum atomic E-state index is 13.5. The molecule has 0 spiro atoms. The summed E-state index contributed by atoms with van der Waals surface area (Å²) in [5.41, 5.74) is 2.78. The van der Waals surface area contributed by atoms with Crippen LogP contribution in [0.3, 0.4) is 0 Å². The molecule has 184 valence electrons. The first-order chi connectivity index (χ1) is 16.8. The van der Waals surface area contributed by atoms with Crippen molar-refractivity contribution in [3.63, 3.8) is 0 Å². The van der Waals surface area contributed by atoms with Gasteiger partial charge >= 0.3 is 0 Å². The summed E-state index contributed by atoms with van der Waals surface area (Å²) in [6, 6.07) is 20.4. The van der Waals surface area contributed by atoms with E-state index < -0.39 is 6.04 Å². The molecule has 0 saturated heterocycles. The quantitative estimate of drug-likeness (QED) is 0.370. The molecule has 1 atom stereocenters. The minimum atomic E-state index is -0.768. The lowest BCUT2D eigenvalue weighted by atomic mass is 10.0. The second-order valence-corrected chi connectivity index (χ2v) is 9.46. The lowest BCUT2D eigenvalue weighted by molar-refractivity contribution is -0.142. The fraction of sp³-hybridized carbons (Fsp3) is 0.286. The van der Waals surface area contributed by atoms with E-state index >= 15 is 0 Å². The number of rotatable bonds is 10. The highest BCUT2D eigenvalue weighted by Crippen LogP contribution is 2.29. The van der Waals surface area contributed by atoms with E-state index in [1.165, 1.54) is 17.0 Å². The van der Waals surface area contributed by atoms with Crippen molar-refractivity contribution < 1.29 is 18.7 Å². The van der Waals surface area contributed by atoms with Crippen LogP contribution in [0.1, 0.15) is 36.5 Å². The van der Waals surface area contributed by atoms with E-state index in [4.69, 9.17) is 4.74 Å². The van der Waals surface area contributed by atoms with Crippen LogP contribution in [0.5, 0.6) is 5.75 Å². The highest BCUT2D eigenvalue weighted by molar-refractivity contribution is 9.10. The SMILES string of the molecule is CNC(=O)[C@H](Cc1ccccc1)N(Cc1ccc(F)cc1)C(=O)COc1ccc(C(C)C)cc1Br. The Bertz CT molecular complexity index is 1140. The highest BCUT2D eigenvalue weighted by Gasteiger charge is 2.30. The fourth-order valence-corrected chi connectivity index (χ4v) is 4.23. The van der Waals surface area contributed by atoms with Gasteiger partial charge in [0.15, 0.2) is 6.61 Å². The van der Waals surface area contributed by atoms with E-state index in [-0.39, 0.29) is 30.8 Å². The third kappa shape index (κ3) is 7.39. The van der Waals surface area contributed by atoms with Crippen LogP contribution in [0, 0.1) is 5.82 Å². The van der Waals surface area contributed by atoms with Gasteiger partial charge in [-0.2, -0.15) is 0 Å². The summed E-state index contributed by atoms with van der Waals surface area (Å²) in [4.78, 5) is 27.9. The molecule has 0 unspecified atom stereocenters. The lowest BCUT2D eigenvalue weighted by Crippen LogP contribution is -2.51. The third-order valence-corrected chi connectivity index (χ3v) is 6.38. The van der Waals surface area contributed by atoms with Gasteiger partial charge in [0.2, 0.25) is 5.91 Å². The Balaban J connectivity index is 1.86. The second kappa shape index (κ2) is 12.5. The zero-order valence-electron chi connectivity index (χ0n) is 20.1. The van der Waals surface area contributed by atoms with Gasteiger partial charge in [-0.05, 0) is 62.8 Å². The predicted octanol–water partition coefficient (Wildman–Crippen LogP) is 5.48. The van der Waals surface area contributed by atoms with Crippen molar-refractivity contribution in [1.29, 1.82) is 0 Å². The minimum Gasteiger partial charge on any atom is -0.483 e. The van der Waals surface area contributed by atoms with E-state index in [1.807, 2.05) is 48.5 Å². The summed E-state index contributed by atoms with van der Waals surface area (Å²) >= 11 is 3.52. The minimum absolute atomic E-state index is 0.140. The molecule has 0 aliphatic rings. The molecule has 0 heterocycles. The van der Waals surface area contributed by atoms with Crippen molar-refractivity contribution >= 4 is 27.7 Å². The Labute approximate surface area is 214 Å². The Morgan fingerprint density at radius 1 is 1.00 bits per heavy atom. The molecule has 0 aliphatic heterocycles. The number of benzene rings is 3. The molecule has 1 N–H and O–H groups in total. The van der Waals surface area contributed by atoms with Gasteiger partial charge in [-0.1, -0.05) is 62.4 Å². The first-order valence-electron chi connectivity index (χ1n) is 11.5. The summed E-state index contributed by atoms with van der Waals surface area (Å²) in [6.45, 7) is 4.10. The molecule has 3 aromatic rings. The number of hydrogen-bond acceptors (Lipinski definition) is 3. The average molecular weight is 541 g/mol. The summed E-state index contributed by atoms with van der Waals surface area (Å²) in [7, 11) is 1.55. The molecular formula is C28H30BrFN2O3. The molecule has 0 radical (unpaired) electrons. The van der Waals surface area contributed by atoms with Crippen LogP contribution in [-0.4, -0.2) is 36.4 Å². The van der Waals surface area contributed by atoms with Crippen LogP contribution in [0.4, 0.5) is 4.39 Å². The van der Waals surface area contributed by atoms with Gasteiger partial charge in [0.05, 0.1) is 4.47 Å². The molecular weight excluding hydrogens is 511 g/mol. The van der Waals surface area contributed by atoms with Crippen LogP contribution >= 0.6 is 15.9 Å². The van der Waals surface area contributed by atoms with Gasteiger partial charge in [-0.15, -0.1) is 0 Å². The number of halogens is 2. The molecule has 2 amide bonds. The molecule has 35 heavy (non-hydrogen) atoms.